The van der Waals surface area contributed by atoms with Gasteiger partial charge in [-0.2, -0.15) is 5.10 Å². The van der Waals surface area contributed by atoms with Crippen LogP contribution in [0.15, 0.2) is 12.4 Å². The third kappa shape index (κ3) is 2.19. The first kappa shape index (κ1) is 8.95. The van der Waals surface area contributed by atoms with E-state index in [4.69, 9.17) is 0 Å². The van der Waals surface area contributed by atoms with Crippen molar-refractivity contribution < 1.29 is 4.79 Å². The quantitative estimate of drug-likeness (QED) is 0.812. The molecule has 0 unspecified atom stereocenters. The number of nitrogens with one attached hydrogen (secondary N) is 1. The molecule has 0 saturated heterocycles. The zero-order valence-electron chi connectivity index (χ0n) is 8.65. The van der Waals surface area contributed by atoms with Crippen molar-refractivity contribution in [2.45, 2.75) is 32.2 Å². The molecule has 1 aromatic rings. The van der Waals surface area contributed by atoms with Gasteiger partial charge in [-0.3, -0.25) is 9.48 Å². The molecule has 0 aromatic carbocycles. The molecule has 0 bridgehead atoms. The van der Waals surface area contributed by atoms with Crippen molar-refractivity contribution in [1.82, 2.24) is 9.78 Å². The summed E-state index contributed by atoms with van der Waals surface area (Å²) in [7, 11) is 0. The fourth-order valence-corrected chi connectivity index (χ4v) is 1.68. The lowest BCUT2D eigenvalue weighted by Gasteiger charge is -1.99. The molecule has 2 fully saturated rings. The van der Waals surface area contributed by atoms with E-state index in [1.165, 1.54) is 12.8 Å². The van der Waals surface area contributed by atoms with E-state index in [2.05, 4.69) is 10.4 Å². The Bertz CT molecular complexity index is 377. The Morgan fingerprint density at radius 1 is 1.47 bits per heavy atom. The van der Waals surface area contributed by atoms with Gasteiger partial charge in [0.1, 0.15) is 0 Å². The summed E-state index contributed by atoms with van der Waals surface area (Å²) in [6.45, 7) is 0.999. The summed E-state index contributed by atoms with van der Waals surface area (Å²) in [4.78, 5) is 11.5. The van der Waals surface area contributed by atoms with Crippen LogP contribution in [0.5, 0.6) is 0 Å². The normalized spacial score (nSPS) is 20.3. The molecular formula is C11H15N3O. The van der Waals surface area contributed by atoms with E-state index >= 15 is 0 Å². The molecule has 2 aliphatic carbocycles. The minimum atomic E-state index is 0.154. The van der Waals surface area contributed by atoms with Crippen molar-refractivity contribution in [2.75, 3.05) is 5.32 Å². The van der Waals surface area contributed by atoms with Crippen molar-refractivity contribution in [3.05, 3.63) is 12.4 Å². The Morgan fingerprint density at radius 3 is 2.93 bits per heavy atom. The van der Waals surface area contributed by atoms with Gasteiger partial charge in [0, 0.05) is 18.7 Å². The van der Waals surface area contributed by atoms with Crippen LogP contribution in [-0.2, 0) is 11.3 Å². The zero-order valence-corrected chi connectivity index (χ0v) is 8.65. The number of anilines is 1. The number of aromatic nitrogens is 2. The lowest BCUT2D eigenvalue weighted by Crippen LogP contribution is -2.12. The Labute approximate surface area is 88.7 Å². The third-order valence-electron chi connectivity index (χ3n) is 2.99. The first-order valence-electron chi connectivity index (χ1n) is 5.64. The summed E-state index contributed by atoms with van der Waals surface area (Å²) in [6, 6.07) is 0. The average molecular weight is 205 g/mol. The molecule has 2 saturated carbocycles. The Balaban J connectivity index is 1.59. The van der Waals surface area contributed by atoms with Crippen LogP contribution >= 0.6 is 0 Å². The van der Waals surface area contributed by atoms with Gasteiger partial charge in [0.2, 0.25) is 5.91 Å². The van der Waals surface area contributed by atoms with Gasteiger partial charge in [-0.25, -0.2) is 0 Å². The molecule has 2 aliphatic rings. The highest BCUT2D eigenvalue weighted by molar-refractivity contribution is 5.93. The van der Waals surface area contributed by atoms with Gasteiger partial charge in [0.15, 0.2) is 0 Å². The van der Waals surface area contributed by atoms with Gasteiger partial charge < -0.3 is 5.32 Å². The van der Waals surface area contributed by atoms with E-state index in [-0.39, 0.29) is 11.8 Å². The van der Waals surface area contributed by atoms with Crippen LogP contribution in [0.1, 0.15) is 25.7 Å². The predicted molar refractivity (Wildman–Crippen MR) is 56.3 cm³/mol. The molecular weight excluding hydrogens is 190 g/mol. The highest BCUT2D eigenvalue weighted by Crippen LogP contribution is 2.31. The summed E-state index contributed by atoms with van der Waals surface area (Å²) < 4.78 is 1.93. The number of rotatable bonds is 4. The summed E-state index contributed by atoms with van der Waals surface area (Å²) in [5, 5.41) is 7.13. The molecule has 3 rings (SSSR count). The van der Waals surface area contributed by atoms with Crippen LogP contribution in [0, 0.1) is 11.8 Å². The SMILES string of the molecule is O=C(Nc1cnn(CC2CC2)c1)C1CC1. The minimum absolute atomic E-state index is 0.154. The smallest absolute Gasteiger partial charge is 0.227 e. The first-order valence-corrected chi connectivity index (χ1v) is 5.64. The maximum Gasteiger partial charge on any atom is 0.227 e. The summed E-state index contributed by atoms with van der Waals surface area (Å²) >= 11 is 0. The second kappa shape index (κ2) is 3.36. The van der Waals surface area contributed by atoms with Gasteiger partial charge >= 0.3 is 0 Å². The minimum Gasteiger partial charge on any atom is -0.323 e. The highest BCUT2D eigenvalue weighted by atomic mass is 16.2. The summed E-state index contributed by atoms with van der Waals surface area (Å²) in [6.07, 6.45) is 8.40. The number of hydrogen-bond donors (Lipinski definition) is 1. The highest BCUT2D eigenvalue weighted by Gasteiger charge is 2.29. The van der Waals surface area contributed by atoms with Crippen molar-refractivity contribution in [3.8, 4) is 0 Å². The molecule has 1 aromatic heterocycles. The van der Waals surface area contributed by atoms with Crippen LogP contribution < -0.4 is 5.32 Å². The predicted octanol–water partition coefficient (Wildman–Crippen LogP) is 1.64. The van der Waals surface area contributed by atoms with Gasteiger partial charge in [-0.05, 0) is 31.6 Å². The van der Waals surface area contributed by atoms with E-state index < -0.39 is 0 Å². The first-order chi connectivity index (χ1) is 7.31. The lowest BCUT2D eigenvalue weighted by atomic mass is 10.4. The molecule has 0 spiro atoms. The van der Waals surface area contributed by atoms with Gasteiger partial charge in [0.05, 0.1) is 11.9 Å². The zero-order chi connectivity index (χ0) is 10.3. The Morgan fingerprint density at radius 2 is 2.27 bits per heavy atom. The second-order valence-corrected chi connectivity index (χ2v) is 4.66. The molecule has 15 heavy (non-hydrogen) atoms. The van der Waals surface area contributed by atoms with E-state index in [1.807, 2.05) is 10.9 Å². The Hall–Kier alpha value is -1.32. The van der Waals surface area contributed by atoms with Crippen LogP contribution in [0.2, 0.25) is 0 Å². The lowest BCUT2D eigenvalue weighted by molar-refractivity contribution is -0.117. The molecule has 1 N–H and O–H groups in total. The van der Waals surface area contributed by atoms with Gasteiger partial charge in [-0.1, -0.05) is 0 Å². The molecule has 80 valence electrons. The maximum atomic E-state index is 11.5. The molecule has 1 heterocycles. The molecule has 1 amide bonds. The average Bonchev–Trinajstić information content (AvgIpc) is 3.08. The number of nitrogens with zero attached hydrogens (tertiary/aromatic N) is 2. The van der Waals surface area contributed by atoms with Crippen molar-refractivity contribution in [2.24, 2.45) is 11.8 Å². The van der Waals surface area contributed by atoms with E-state index in [0.717, 1.165) is 31.0 Å². The molecule has 0 atom stereocenters. The Kier molecular flexibility index (Phi) is 2.01. The van der Waals surface area contributed by atoms with Crippen LogP contribution in [0.25, 0.3) is 0 Å². The number of hydrogen-bond acceptors (Lipinski definition) is 2. The van der Waals surface area contributed by atoms with Gasteiger partial charge in [0.25, 0.3) is 0 Å². The maximum absolute atomic E-state index is 11.5. The number of amides is 1. The van der Waals surface area contributed by atoms with Crippen molar-refractivity contribution in [1.29, 1.82) is 0 Å². The molecule has 4 heteroatoms. The van der Waals surface area contributed by atoms with E-state index in [0.29, 0.717) is 0 Å². The summed E-state index contributed by atoms with van der Waals surface area (Å²) in [5.41, 5.74) is 0.840. The third-order valence-corrected chi connectivity index (χ3v) is 2.99. The van der Waals surface area contributed by atoms with Crippen molar-refractivity contribution >= 4 is 11.6 Å². The monoisotopic (exact) mass is 205 g/mol. The van der Waals surface area contributed by atoms with Gasteiger partial charge in [-0.15, -0.1) is 0 Å². The molecule has 0 radical (unpaired) electrons. The standard InChI is InChI=1S/C11H15N3O/c15-11(9-3-4-9)13-10-5-12-14(7-10)6-8-1-2-8/h5,7-9H,1-4,6H2,(H,13,15). The van der Waals surface area contributed by atoms with Crippen LogP contribution in [0.4, 0.5) is 5.69 Å². The second-order valence-electron chi connectivity index (χ2n) is 4.66. The number of carbonyl (C=O) groups is 1. The number of carbonyl (C=O) groups excluding carboxylic acids is 1. The van der Waals surface area contributed by atoms with Crippen LogP contribution in [-0.4, -0.2) is 15.7 Å². The fourth-order valence-electron chi connectivity index (χ4n) is 1.68. The molecule has 0 aliphatic heterocycles. The summed E-state index contributed by atoms with van der Waals surface area (Å²) in [5.74, 6) is 1.23. The van der Waals surface area contributed by atoms with E-state index in [1.54, 1.807) is 6.20 Å². The topological polar surface area (TPSA) is 46.9 Å². The molecule has 4 nitrogen and oxygen atoms in total. The largest absolute Gasteiger partial charge is 0.323 e. The van der Waals surface area contributed by atoms with Crippen molar-refractivity contribution in [3.63, 3.8) is 0 Å². The fraction of sp³-hybridized carbons (Fsp3) is 0.636. The van der Waals surface area contributed by atoms with Crippen LogP contribution in [0.3, 0.4) is 0 Å². The van der Waals surface area contributed by atoms with E-state index in [9.17, 15) is 4.79 Å².